The van der Waals surface area contributed by atoms with Crippen LogP contribution >= 0.6 is 0 Å². The summed E-state index contributed by atoms with van der Waals surface area (Å²) in [5.74, 6) is 0. The van der Waals surface area contributed by atoms with Crippen LogP contribution < -0.4 is 51.4 Å². The molecule has 0 rings (SSSR count). The SMILES string of the molecule is O=S(=O)([O-])C(F)(F)C(F)OC(F)(F)C(F)(F)F.[K+]. The minimum absolute atomic E-state index is 0. The fraction of sp³-hybridized carbons (Fsp3) is 1.00. The largest absolute Gasteiger partial charge is 1.00 e. The second kappa shape index (κ2) is 6.15. The molecule has 0 saturated carbocycles. The second-order valence-corrected chi connectivity index (χ2v) is 3.92. The maximum atomic E-state index is 12.2. The molecule has 0 saturated heterocycles. The predicted molar refractivity (Wildman–Crippen MR) is 31.6 cm³/mol. The summed E-state index contributed by atoms with van der Waals surface area (Å²) in [6.07, 6.45) is -17.9. The first-order valence-electron chi connectivity index (χ1n) is 3.22. The molecule has 14 heteroatoms. The topological polar surface area (TPSA) is 66.4 Å². The van der Waals surface area contributed by atoms with E-state index in [1.165, 1.54) is 0 Å². The Kier molecular flexibility index (Phi) is 7.26. The van der Waals surface area contributed by atoms with Crippen molar-refractivity contribution in [1.82, 2.24) is 0 Å². The molecule has 4 nitrogen and oxygen atoms in total. The van der Waals surface area contributed by atoms with Crippen LogP contribution in [0.3, 0.4) is 0 Å². The van der Waals surface area contributed by atoms with Crippen molar-refractivity contribution in [2.45, 2.75) is 23.9 Å². The molecule has 0 amide bonds. The van der Waals surface area contributed by atoms with Crippen molar-refractivity contribution >= 4 is 10.1 Å². The first-order valence-corrected chi connectivity index (χ1v) is 4.63. The molecule has 0 spiro atoms. The first kappa shape index (κ1) is 21.2. The molecule has 1 atom stereocenters. The molecular formula is C4HF8KO4S. The molecule has 0 aliphatic rings. The Morgan fingerprint density at radius 3 is 1.56 bits per heavy atom. The van der Waals surface area contributed by atoms with Crippen molar-refractivity contribution in [3.05, 3.63) is 0 Å². The number of hydrogen-bond donors (Lipinski definition) is 0. The third-order valence-electron chi connectivity index (χ3n) is 1.18. The van der Waals surface area contributed by atoms with Gasteiger partial charge < -0.3 is 4.55 Å². The summed E-state index contributed by atoms with van der Waals surface area (Å²) >= 11 is 0. The van der Waals surface area contributed by atoms with E-state index in [0.29, 0.717) is 0 Å². The van der Waals surface area contributed by atoms with Crippen molar-refractivity contribution in [2.24, 2.45) is 0 Å². The molecule has 0 N–H and O–H groups in total. The van der Waals surface area contributed by atoms with E-state index in [9.17, 15) is 48.1 Å². The third kappa shape index (κ3) is 4.81. The van der Waals surface area contributed by atoms with E-state index in [1.807, 2.05) is 4.74 Å². The van der Waals surface area contributed by atoms with Crippen molar-refractivity contribution in [2.75, 3.05) is 0 Å². The van der Waals surface area contributed by atoms with E-state index < -0.39 is 34.0 Å². The predicted octanol–water partition coefficient (Wildman–Crippen LogP) is -1.40. The number of ether oxygens (including phenoxy) is 1. The van der Waals surface area contributed by atoms with Crippen LogP contribution in [-0.2, 0) is 14.9 Å². The van der Waals surface area contributed by atoms with Crippen LogP contribution in [0.2, 0.25) is 0 Å². The molecule has 18 heavy (non-hydrogen) atoms. The summed E-state index contributed by atoms with van der Waals surface area (Å²) in [4.78, 5) is 0. The molecule has 0 aromatic rings. The Hall–Kier alpha value is 0.946. The van der Waals surface area contributed by atoms with E-state index in [1.54, 1.807) is 0 Å². The van der Waals surface area contributed by atoms with E-state index in [4.69, 9.17) is 0 Å². The standard InChI is InChI=1S/C4H2F8O4S.K/c5-1(2(6,7)17(13,14)15)16-4(11,12)3(8,9)10;/h1H,(H,13,14,15);/q;+1/p-1. The van der Waals surface area contributed by atoms with Gasteiger partial charge in [0.2, 0.25) is 0 Å². The fourth-order valence-electron chi connectivity index (χ4n) is 0.379. The Bertz CT molecular complexity index is 377. The summed E-state index contributed by atoms with van der Waals surface area (Å²) in [5, 5.41) is -6.08. The van der Waals surface area contributed by atoms with Gasteiger partial charge in [0.25, 0.3) is 6.36 Å². The summed E-state index contributed by atoms with van der Waals surface area (Å²) in [5.41, 5.74) is 0. The molecular weight excluding hydrogens is 335 g/mol. The normalized spacial score (nSPS) is 16.1. The van der Waals surface area contributed by atoms with Gasteiger partial charge in [-0.3, -0.25) is 4.74 Å². The second-order valence-electron chi connectivity index (χ2n) is 2.46. The fourth-order valence-corrected chi connectivity index (χ4v) is 0.654. The number of halogens is 8. The van der Waals surface area contributed by atoms with Crippen molar-refractivity contribution < 1.29 is 104 Å². The number of rotatable bonds is 4. The summed E-state index contributed by atoms with van der Waals surface area (Å²) in [6, 6.07) is 0. The summed E-state index contributed by atoms with van der Waals surface area (Å²) < 4.78 is 125. The molecule has 1 unspecified atom stereocenters. The molecule has 0 fully saturated rings. The zero-order valence-corrected chi connectivity index (χ0v) is 12.1. The van der Waals surface area contributed by atoms with Crippen LogP contribution in [0.15, 0.2) is 0 Å². The Labute approximate surface area is 137 Å². The van der Waals surface area contributed by atoms with Gasteiger partial charge in [-0.2, -0.15) is 30.7 Å². The van der Waals surface area contributed by atoms with Gasteiger partial charge in [0, 0.05) is 0 Å². The van der Waals surface area contributed by atoms with E-state index in [-0.39, 0.29) is 51.4 Å². The van der Waals surface area contributed by atoms with Crippen molar-refractivity contribution in [3.8, 4) is 0 Å². The third-order valence-corrected chi connectivity index (χ3v) is 2.03. The molecule has 0 heterocycles. The Morgan fingerprint density at radius 2 is 1.33 bits per heavy atom. The van der Waals surface area contributed by atoms with Gasteiger partial charge >= 0.3 is 68.9 Å². The molecule has 0 aromatic heterocycles. The minimum Gasteiger partial charge on any atom is -0.743 e. The minimum atomic E-state index is -6.80. The monoisotopic (exact) mass is 336 g/mol. The molecule has 0 bridgehead atoms. The van der Waals surface area contributed by atoms with Crippen LogP contribution in [0.25, 0.3) is 0 Å². The van der Waals surface area contributed by atoms with Gasteiger partial charge in [0.15, 0.2) is 10.1 Å². The van der Waals surface area contributed by atoms with Crippen molar-refractivity contribution in [1.29, 1.82) is 0 Å². The van der Waals surface area contributed by atoms with Gasteiger partial charge in [-0.15, -0.1) is 0 Å². The quantitative estimate of drug-likeness (QED) is 0.360. The zero-order valence-electron chi connectivity index (χ0n) is 8.14. The average Bonchev–Trinajstić information content (AvgIpc) is 1.98. The molecule has 0 aromatic carbocycles. The van der Waals surface area contributed by atoms with E-state index in [0.717, 1.165) is 0 Å². The maximum absolute atomic E-state index is 12.2. The summed E-state index contributed by atoms with van der Waals surface area (Å²) in [6.45, 7) is 0. The Morgan fingerprint density at radius 1 is 1.00 bits per heavy atom. The van der Waals surface area contributed by atoms with Crippen LogP contribution in [0, 0.1) is 0 Å². The first-order chi connectivity index (χ1) is 7.13. The van der Waals surface area contributed by atoms with Gasteiger partial charge in [0.1, 0.15) is 0 Å². The van der Waals surface area contributed by atoms with Crippen LogP contribution in [0.1, 0.15) is 0 Å². The van der Waals surface area contributed by atoms with Gasteiger partial charge in [-0.1, -0.05) is 0 Å². The van der Waals surface area contributed by atoms with E-state index in [2.05, 4.69) is 0 Å². The Balaban J connectivity index is 0. The van der Waals surface area contributed by atoms with Crippen LogP contribution in [0.5, 0.6) is 0 Å². The maximum Gasteiger partial charge on any atom is 1.00 e. The molecule has 0 radical (unpaired) electrons. The molecule has 0 aliphatic carbocycles. The van der Waals surface area contributed by atoms with Gasteiger partial charge in [-0.25, -0.2) is 12.8 Å². The van der Waals surface area contributed by atoms with Crippen LogP contribution in [0.4, 0.5) is 35.1 Å². The van der Waals surface area contributed by atoms with E-state index >= 15 is 0 Å². The van der Waals surface area contributed by atoms with Crippen molar-refractivity contribution in [3.63, 3.8) is 0 Å². The average molecular weight is 336 g/mol. The summed E-state index contributed by atoms with van der Waals surface area (Å²) in [7, 11) is -6.80. The van der Waals surface area contributed by atoms with Gasteiger partial charge in [-0.05, 0) is 0 Å². The number of hydrogen-bond acceptors (Lipinski definition) is 4. The van der Waals surface area contributed by atoms with Gasteiger partial charge in [0.05, 0.1) is 0 Å². The zero-order chi connectivity index (χ0) is 14.3. The smallest absolute Gasteiger partial charge is 0.743 e. The molecule has 104 valence electrons. The van der Waals surface area contributed by atoms with Crippen LogP contribution in [-0.4, -0.2) is 36.9 Å². The number of alkyl halides is 8. The molecule has 0 aliphatic heterocycles.